The van der Waals surface area contributed by atoms with Gasteiger partial charge in [0.05, 0.1) is 24.1 Å². The average molecular weight is 493 g/mol. The second kappa shape index (κ2) is 12.0. The third kappa shape index (κ3) is 6.96. The van der Waals surface area contributed by atoms with Gasteiger partial charge < -0.3 is 15.0 Å². The number of carbonyl (C=O) groups excluding carboxylic acids is 1. The molecule has 2 N–H and O–H groups in total. The molecule has 0 unspecified atom stereocenters. The highest BCUT2D eigenvalue weighted by Crippen LogP contribution is 2.23. The van der Waals surface area contributed by atoms with Crippen LogP contribution in [0.25, 0.3) is 0 Å². The quantitative estimate of drug-likeness (QED) is 0.332. The number of para-hydroxylation sites is 1. The first kappa shape index (κ1) is 25.0. The van der Waals surface area contributed by atoms with Crippen molar-refractivity contribution in [2.45, 2.75) is 50.5 Å². The standard InChI is InChI=1S/C27H32N4O3S/c1-19(12-13-20-8-4-3-5-9-20)28-25(32)18-35-27-29-23-14-15-31(17-22(23)26(33)30-27)16-21-10-6-7-11-24(21)34-2/h3-11,19H,12-18H2,1-2H3,(H,28,32)(H,29,30,33)/t19-/m0/s1. The number of aromatic nitrogens is 2. The fourth-order valence-corrected chi connectivity index (χ4v) is 4.98. The van der Waals surface area contributed by atoms with Gasteiger partial charge in [-0.15, -0.1) is 0 Å². The highest BCUT2D eigenvalue weighted by molar-refractivity contribution is 7.99. The normalized spacial score (nSPS) is 14.2. The number of amides is 1. The van der Waals surface area contributed by atoms with Gasteiger partial charge in [-0.1, -0.05) is 60.3 Å². The Balaban J connectivity index is 1.28. The average Bonchev–Trinajstić information content (AvgIpc) is 2.87. The molecule has 4 rings (SSSR count). The smallest absolute Gasteiger partial charge is 0.256 e. The van der Waals surface area contributed by atoms with Crippen LogP contribution in [0.3, 0.4) is 0 Å². The van der Waals surface area contributed by atoms with Gasteiger partial charge in [-0.3, -0.25) is 14.5 Å². The Morgan fingerprint density at radius 2 is 1.97 bits per heavy atom. The molecule has 1 amide bonds. The minimum Gasteiger partial charge on any atom is -0.496 e. The summed E-state index contributed by atoms with van der Waals surface area (Å²) in [5, 5.41) is 3.54. The molecular weight excluding hydrogens is 460 g/mol. The largest absolute Gasteiger partial charge is 0.496 e. The third-order valence-electron chi connectivity index (χ3n) is 6.17. The lowest BCUT2D eigenvalue weighted by Crippen LogP contribution is -2.36. The molecule has 0 spiro atoms. The van der Waals surface area contributed by atoms with Crippen LogP contribution in [0.4, 0.5) is 0 Å². The number of H-pyrrole nitrogens is 1. The summed E-state index contributed by atoms with van der Waals surface area (Å²) in [6.45, 7) is 4.08. The molecule has 0 saturated carbocycles. The highest BCUT2D eigenvalue weighted by Gasteiger charge is 2.22. The summed E-state index contributed by atoms with van der Waals surface area (Å²) in [4.78, 5) is 34.9. The van der Waals surface area contributed by atoms with E-state index in [1.807, 2.05) is 49.4 Å². The number of thioether (sulfide) groups is 1. The topological polar surface area (TPSA) is 87.3 Å². The van der Waals surface area contributed by atoms with Gasteiger partial charge in [0, 0.05) is 37.7 Å². The number of fused-ring (bicyclic) bond motifs is 1. The van der Waals surface area contributed by atoms with Crippen LogP contribution in [0.1, 0.15) is 35.7 Å². The summed E-state index contributed by atoms with van der Waals surface area (Å²) in [5.74, 6) is 1.01. The first-order valence-electron chi connectivity index (χ1n) is 11.9. The summed E-state index contributed by atoms with van der Waals surface area (Å²) >= 11 is 1.27. The number of rotatable bonds is 10. The van der Waals surface area contributed by atoms with Gasteiger partial charge in [-0.05, 0) is 31.4 Å². The molecule has 1 aromatic heterocycles. The van der Waals surface area contributed by atoms with E-state index in [9.17, 15) is 9.59 Å². The maximum Gasteiger partial charge on any atom is 0.256 e. The Labute approximate surface area is 210 Å². The van der Waals surface area contributed by atoms with Crippen LogP contribution in [0.15, 0.2) is 64.5 Å². The lowest BCUT2D eigenvalue weighted by atomic mass is 10.1. The Morgan fingerprint density at radius 1 is 1.20 bits per heavy atom. The van der Waals surface area contributed by atoms with E-state index in [1.54, 1.807) is 7.11 Å². The molecule has 2 heterocycles. The zero-order valence-electron chi connectivity index (χ0n) is 20.3. The fourth-order valence-electron chi connectivity index (χ4n) is 4.29. The Kier molecular flexibility index (Phi) is 8.60. The SMILES string of the molecule is COc1ccccc1CN1CCc2nc(SCC(=O)N[C@@H](C)CCc3ccccc3)[nH]c(=O)c2C1. The predicted molar refractivity (Wildman–Crippen MR) is 139 cm³/mol. The summed E-state index contributed by atoms with van der Waals surface area (Å²) in [5.41, 5.74) is 3.76. The number of methoxy groups -OCH3 is 1. The second-order valence-electron chi connectivity index (χ2n) is 8.85. The number of hydrogen-bond donors (Lipinski definition) is 2. The van der Waals surface area contributed by atoms with Crippen LogP contribution in [-0.4, -0.2) is 46.2 Å². The van der Waals surface area contributed by atoms with Crippen molar-refractivity contribution in [1.29, 1.82) is 0 Å². The zero-order valence-corrected chi connectivity index (χ0v) is 21.1. The van der Waals surface area contributed by atoms with Gasteiger partial charge in [0.25, 0.3) is 5.56 Å². The molecule has 2 aromatic carbocycles. The molecule has 35 heavy (non-hydrogen) atoms. The number of nitrogens with one attached hydrogen (secondary N) is 2. The maximum absolute atomic E-state index is 12.8. The van der Waals surface area contributed by atoms with Gasteiger partial charge in [0.15, 0.2) is 5.16 Å². The second-order valence-corrected chi connectivity index (χ2v) is 9.81. The predicted octanol–water partition coefficient (Wildman–Crippen LogP) is 3.57. The van der Waals surface area contributed by atoms with Crippen LogP contribution >= 0.6 is 11.8 Å². The van der Waals surface area contributed by atoms with Crippen LogP contribution < -0.4 is 15.6 Å². The number of benzene rings is 2. The molecule has 0 radical (unpaired) electrons. The van der Waals surface area contributed by atoms with Crippen molar-refractivity contribution >= 4 is 17.7 Å². The molecule has 0 aliphatic carbocycles. The van der Waals surface area contributed by atoms with Crippen molar-refractivity contribution in [3.8, 4) is 5.75 Å². The van der Waals surface area contributed by atoms with Crippen molar-refractivity contribution in [1.82, 2.24) is 20.2 Å². The van der Waals surface area contributed by atoms with Crippen molar-refractivity contribution in [3.63, 3.8) is 0 Å². The summed E-state index contributed by atoms with van der Waals surface area (Å²) in [7, 11) is 1.67. The number of carbonyl (C=O) groups is 1. The molecule has 8 heteroatoms. The van der Waals surface area contributed by atoms with Crippen molar-refractivity contribution in [2.75, 3.05) is 19.4 Å². The van der Waals surface area contributed by atoms with E-state index in [1.165, 1.54) is 17.3 Å². The molecule has 7 nitrogen and oxygen atoms in total. The molecule has 184 valence electrons. The monoisotopic (exact) mass is 492 g/mol. The van der Waals surface area contributed by atoms with Gasteiger partial charge >= 0.3 is 0 Å². The lowest BCUT2D eigenvalue weighted by Gasteiger charge is -2.28. The van der Waals surface area contributed by atoms with Gasteiger partial charge in [0.2, 0.25) is 5.91 Å². The van der Waals surface area contributed by atoms with Gasteiger partial charge in [0.1, 0.15) is 5.75 Å². The number of hydrogen-bond acceptors (Lipinski definition) is 6. The highest BCUT2D eigenvalue weighted by atomic mass is 32.2. The molecular formula is C27H32N4O3S. The molecule has 0 saturated heterocycles. The van der Waals surface area contributed by atoms with Gasteiger partial charge in [-0.25, -0.2) is 4.98 Å². The minimum absolute atomic E-state index is 0.0566. The number of aryl methyl sites for hydroxylation is 1. The van der Waals surface area contributed by atoms with Crippen LogP contribution in [0.2, 0.25) is 0 Å². The minimum atomic E-state index is -0.126. The lowest BCUT2D eigenvalue weighted by molar-refractivity contribution is -0.119. The van der Waals surface area contributed by atoms with E-state index in [0.29, 0.717) is 30.2 Å². The van der Waals surface area contributed by atoms with E-state index in [0.717, 1.165) is 36.4 Å². The van der Waals surface area contributed by atoms with Crippen LogP contribution in [0.5, 0.6) is 5.75 Å². The van der Waals surface area contributed by atoms with E-state index in [-0.39, 0.29) is 23.3 Å². The first-order chi connectivity index (χ1) is 17.0. The molecule has 0 fully saturated rings. The van der Waals surface area contributed by atoms with E-state index >= 15 is 0 Å². The van der Waals surface area contributed by atoms with Crippen molar-refractivity contribution in [3.05, 3.63) is 87.3 Å². The molecule has 1 aliphatic rings. The van der Waals surface area contributed by atoms with Crippen LogP contribution in [0, 0.1) is 0 Å². The van der Waals surface area contributed by atoms with Crippen molar-refractivity contribution in [2.24, 2.45) is 0 Å². The molecule has 1 aliphatic heterocycles. The Bertz CT molecular complexity index is 1200. The molecule has 1 atom stereocenters. The zero-order chi connectivity index (χ0) is 24.6. The number of ether oxygens (including phenoxy) is 1. The Hall–Kier alpha value is -3.10. The van der Waals surface area contributed by atoms with E-state index < -0.39 is 0 Å². The molecule has 3 aromatic rings. The summed E-state index contributed by atoms with van der Waals surface area (Å²) in [6, 6.07) is 18.3. The van der Waals surface area contributed by atoms with Gasteiger partial charge in [-0.2, -0.15) is 0 Å². The molecule has 0 bridgehead atoms. The van der Waals surface area contributed by atoms with E-state index in [4.69, 9.17) is 4.74 Å². The first-order valence-corrected chi connectivity index (χ1v) is 12.9. The fraction of sp³-hybridized carbons (Fsp3) is 0.370. The summed E-state index contributed by atoms with van der Waals surface area (Å²) in [6.07, 6.45) is 2.49. The number of nitrogens with zero attached hydrogens (tertiary/aromatic N) is 2. The third-order valence-corrected chi connectivity index (χ3v) is 7.04. The maximum atomic E-state index is 12.8. The Morgan fingerprint density at radius 3 is 2.77 bits per heavy atom. The van der Waals surface area contributed by atoms with E-state index in [2.05, 4.69) is 32.3 Å². The van der Waals surface area contributed by atoms with Crippen LogP contribution in [-0.2, 0) is 30.7 Å². The number of aromatic amines is 1. The van der Waals surface area contributed by atoms with Crippen molar-refractivity contribution < 1.29 is 9.53 Å². The summed E-state index contributed by atoms with van der Waals surface area (Å²) < 4.78 is 5.46.